The maximum absolute atomic E-state index is 11.2. The lowest BCUT2D eigenvalue weighted by Gasteiger charge is -2.07. The van der Waals surface area contributed by atoms with Gasteiger partial charge in [-0.1, -0.05) is 24.3 Å². The minimum Gasteiger partial charge on any atom is -0.450 e. The van der Waals surface area contributed by atoms with Gasteiger partial charge in [0.15, 0.2) is 0 Å². The Balaban J connectivity index is 1.86. The first-order chi connectivity index (χ1) is 15.3. The van der Waals surface area contributed by atoms with Gasteiger partial charge in [-0.15, -0.1) is 0 Å². The Kier molecular flexibility index (Phi) is 6.17. The van der Waals surface area contributed by atoms with Crippen molar-refractivity contribution in [2.45, 2.75) is 0 Å². The summed E-state index contributed by atoms with van der Waals surface area (Å²) in [5.74, 6) is 0.0613. The summed E-state index contributed by atoms with van der Waals surface area (Å²) in [6.07, 6.45) is 1.52. The molecule has 0 fully saturated rings. The number of rotatable bonds is 7. The van der Waals surface area contributed by atoms with Crippen LogP contribution in [0.5, 0.6) is 11.5 Å². The van der Waals surface area contributed by atoms with Crippen molar-refractivity contribution < 1.29 is 19.5 Å². The number of allylic oxidation sites excluding steroid dienone is 1. The van der Waals surface area contributed by atoms with Gasteiger partial charge in [-0.25, -0.2) is 0 Å². The molecule has 0 saturated heterocycles. The van der Waals surface area contributed by atoms with Gasteiger partial charge in [-0.2, -0.15) is 5.26 Å². The number of hydrogen-bond donors (Lipinski definition) is 0. The zero-order valence-corrected chi connectivity index (χ0v) is 16.1. The quantitative estimate of drug-likeness (QED) is 0.211. The minimum atomic E-state index is -0.780. The highest BCUT2D eigenvalue weighted by Crippen LogP contribution is 2.34. The van der Waals surface area contributed by atoms with E-state index in [9.17, 15) is 35.6 Å². The third-order valence-electron chi connectivity index (χ3n) is 4.26. The second kappa shape index (κ2) is 9.14. The smallest absolute Gasteiger partial charge is 0.318 e. The summed E-state index contributed by atoms with van der Waals surface area (Å²) in [5, 5.41) is 42.4. The summed E-state index contributed by atoms with van der Waals surface area (Å²) < 4.78 is 5.49. The number of benzene rings is 3. The lowest BCUT2D eigenvalue weighted by molar-refractivity contribution is -0.394. The highest BCUT2D eigenvalue weighted by Gasteiger charge is 2.21. The molecule has 32 heavy (non-hydrogen) atoms. The number of nitriles is 1. The van der Waals surface area contributed by atoms with E-state index < -0.39 is 26.1 Å². The van der Waals surface area contributed by atoms with Crippen molar-refractivity contribution in [1.82, 2.24) is 0 Å². The van der Waals surface area contributed by atoms with Crippen molar-refractivity contribution >= 4 is 28.7 Å². The van der Waals surface area contributed by atoms with Crippen LogP contribution in [0.15, 0.2) is 66.7 Å². The normalized spacial score (nSPS) is 10.8. The minimum absolute atomic E-state index is 0.142. The number of nitrogens with zero attached hydrogens (tertiary/aromatic N) is 4. The topological polar surface area (TPSA) is 162 Å². The molecular weight excluding hydrogens is 420 g/mol. The molecule has 0 aliphatic heterocycles. The Morgan fingerprint density at radius 3 is 2.09 bits per heavy atom. The molecule has 0 spiro atoms. The first-order valence-electron chi connectivity index (χ1n) is 8.86. The van der Waals surface area contributed by atoms with E-state index in [2.05, 4.69) is 0 Å². The van der Waals surface area contributed by atoms with Gasteiger partial charge in [0.05, 0.1) is 32.5 Å². The summed E-state index contributed by atoms with van der Waals surface area (Å²) in [5.41, 5.74) is 0.0305. The monoisotopic (exact) mass is 432 g/mol. The summed E-state index contributed by atoms with van der Waals surface area (Å²) >= 11 is 0. The van der Waals surface area contributed by atoms with E-state index in [1.54, 1.807) is 18.2 Å². The van der Waals surface area contributed by atoms with Gasteiger partial charge in [0, 0.05) is 18.2 Å². The molecule has 0 saturated carbocycles. The van der Waals surface area contributed by atoms with Gasteiger partial charge in [0.2, 0.25) is 5.75 Å². The fourth-order valence-corrected chi connectivity index (χ4v) is 2.74. The third-order valence-corrected chi connectivity index (χ3v) is 4.26. The Morgan fingerprint density at radius 1 is 0.844 bits per heavy atom. The van der Waals surface area contributed by atoms with Gasteiger partial charge in [-0.05, 0) is 35.4 Å². The molecule has 0 amide bonds. The molecule has 11 heteroatoms. The lowest BCUT2D eigenvalue weighted by Crippen LogP contribution is -1.96. The van der Waals surface area contributed by atoms with E-state index in [1.165, 1.54) is 36.4 Å². The largest absolute Gasteiger partial charge is 0.450 e. The number of non-ortho nitro benzene ring substituents is 2. The molecule has 0 unspecified atom stereocenters. The number of nitro groups is 3. The van der Waals surface area contributed by atoms with E-state index >= 15 is 0 Å². The molecule has 0 aromatic heterocycles. The van der Waals surface area contributed by atoms with E-state index in [-0.39, 0.29) is 22.8 Å². The maximum atomic E-state index is 11.2. The predicted octanol–water partition coefficient (Wildman–Crippen LogP) is 5.27. The number of ether oxygens (including phenoxy) is 1. The van der Waals surface area contributed by atoms with E-state index in [4.69, 9.17) is 4.74 Å². The van der Waals surface area contributed by atoms with E-state index in [1.807, 2.05) is 6.07 Å². The molecule has 0 aliphatic carbocycles. The summed E-state index contributed by atoms with van der Waals surface area (Å²) in [7, 11) is 0. The zero-order chi connectivity index (χ0) is 23.3. The molecule has 158 valence electrons. The lowest BCUT2D eigenvalue weighted by atomic mass is 10.0. The standard InChI is InChI=1S/C21H12N4O7/c22-13-16(15-2-1-3-17(11-15)23(26)27)10-14-4-7-19(8-5-14)32-21-9-6-18(24(28)29)12-20(21)25(30)31/h1-12H/b16-10-. The van der Waals surface area contributed by atoms with Crippen LogP contribution >= 0.6 is 0 Å². The first kappa shape index (κ1) is 21.6. The van der Waals surface area contributed by atoms with E-state index in [0.29, 0.717) is 11.1 Å². The van der Waals surface area contributed by atoms with Crippen LogP contribution in [-0.2, 0) is 0 Å². The SMILES string of the molecule is N#C/C(=C/c1ccc(Oc2ccc([N+](=O)[O-])cc2[N+](=O)[O-])cc1)c1cccc([N+](=O)[O-])c1. The Labute approximate surface area is 179 Å². The molecule has 11 nitrogen and oxygen atoms in total. The van der Waals surface area contributed by atoms with Crippen LogP contribution in [0.2, 0.25) is 0 Å². The van der Waals surface area contributed by atoms with Crippen molar-refractivity contribution in [3.63, 3.8) is 0 Å². The van der Waals surface area contributed by atoms with E-state index in [0.717, 1.165) is 18.2 Å². The van der Waals surface area contributed by atoms with Crippen LogP contribution in [0.4, 0.5) is 17.1 Å². The molecule has 3 aromatic carbocycles. The van der Waals surface area contributed by atoms with Crippen LogP contribution in [0.3, 0.4) is 0 Å². The van der Waals surface area contributed by atoms with Crippen LogP contribution in [0.25, 0.3) is 11.6 Å². The highest BCUT2D eigenvalue weighted by molar-refractivity contribution is 5.90. The molecule has 0 atom stereocenters. The summed E-state index contributed by atoms with van der Waals surface area (Å²) in [6, 6.07) is 16.9. The average Bonchev–Trinajstić information content (AvgIpc) is 2.78. The zero-order valence-electron chi connectivity index (χ0n) is 16.1. The Morgan fingerprint density at radius 2 is 1.50 bits per heavy atom. The molecule has 3 aromatic rings. The Hall–Kier alpha value is -5.11. The van der Waals surface area contributed by atoms with Crippen molar-refractivity contribution in [1.29, 1.82) is 5.26 Å². The summed E-state index contributed by atoms with van der Waals surface area (Å²) in [6.45, 7) is 0. The number of hydrogen-bond acceptors (Lipinski definition) is 8. The molecule has 0 radical (unpaired) electrons. The highest BCUT2D eigenvalue weighted by atomic mass is 16.6. The first-order valence-corrected chi connectivity index (χ1v) is 8.86. The third kappa shape index (κ3) is 4.89. The van der Waals surface area contributed by atoms with Gasteiger partial charge in [0.1, 0.15) is 5.75 Å². The molecule has 3 rings (SSSR count). The average molecular weight is 432 g/mol. The van der Waals surface area contributed by atoms with Gasteiger partial charge in [0.25, 0.3) is 11.4 Å². The molecule has 0 N–H and O–H groups in total. The molecular formula is C21H12N4O7. The molecule has 0 bridgehead atoms. The number of nitro benzene ring substituents is 3. The van der Waals surface area contributed by atoms with Crippen LogP contribution < -0.4 is 4.74 Å². The van der Waals surface area contributed by atoms with Crippen LogP contribution in [0, 0.1) is 41.7 Å². The van der Waals surface area contributed by atoms with Crippen LogP contribution in [0.1, 0.15) is 11.1 Å². The summed E-state index contributed by atoms with van der Waals surface area (Å²) in [4.78, 5) is 30.9. The predicted molar refractivity (Wildman–Crippen MR) is 113 cm³/mol. The Bertz CT molecular complexity index is 1290. The van der Waals surface area contributed by atoms with Crippen LogP contribution in [-0.4, -0.2) is 14.8 Å². The van der Waals surface area contributed by atoms with Crippen molar-refractivity contribution in [2.75, 3.05) is 0 Å². The second-order valence-electron chi connectivity index (χ2n) is 6.31. The van der Waals surface area contributed by atoms with Gasteiger partial charge < -0.3 is 4.74 Å². The van der Waals surface area contributed by atoms with Gasteiger partial charge >= 0.3 is 5.69 Å². The molecule has 0 aliphatic rings. The molecule has 0 heterocycles. The maximum Gasteiger partial charge on any atom is 0.318 e. The van der Waals surface area contributed by atoms with Crippen molar-refractivity contribution in [2.24, 2.45) is 0 Å². The van der Waals surface area contributed by atoms with Crippen molar-refractivity contribution in [3.8, 4) is 17.6 Å². The van der Waals surface area contributed by atoms with Gasteiger partial charge in [-0.3, -0.25) is 30.3 Å². The van der Waals surface area contributed by atoms with Crippen molar-refractivity contribution in [3.05, 3.63) is 108 Å². The fourth-order valence-electron chi connectivity index (χ4n) is 2.74. The second-order valence-corrected chi connectivity index (χ2v) is 6.31. The fraction of sp³-hybridized carbons (Fsp3) is 0.